The number of nitrogens with zero attached hydrogens (tertiary/aromatic N) is 1. The fourth-order valence-electron chi connectivity index (χ4n) is 3.30. The number of aliphatic carboxylic acids is 1. The first-order valence-corrected chi connectivity index (χ1v) is 8.15. The summed E-state index contributed by atoms with van der Waals surface area (Å²) in [6, 6.07) is 5.11. The van der Waals surface area contributed by atoms with Crippen molar-refractivity contribution >= 4 is 5.97 Å². The van der Waals surface area contributed by atoms with Crippen molar-refractivity contribution in [2.24, 2.45) is 5.41 Å². The first kappa shape index (κ1) is 17.5. The van der Waals surface area contributed by atoms with Gasteiger partial charge in [-0.25, -0.2) is 4.98 Å². The summed E-state index contributed by atoms with van der Waals surface area (Å²) in [5, 5.41) is 9.28. The average Bonchev–Trinajstić information content (AvgIpc) is 3.05. The number of halogens is 3. The molecule has 25 heavy (non-hydrogen) atoms. The van der Waals surface area contributed by atoms with E-state index in [9.17, 15) is 23.1 Å². The highest BCUT2D eigenvalue weighted by atomic mass is 19.4. The third-order valence-electron chi connectivity index (χ3n) is 5.09. The molecule has 1 aromatic heterocycles. The maximum absolute atomic E-state index is 12.8. The molecule has 2 aromatic rings. The summed E-state index contributed by atoms with van der Waals surface area (Å²) >= 11 is 0. The van der Waals surface area contributed by atoms with Crippen molar-refractivity contribution in [3.8, 4) is 11.3 Å². The molecule has 1 aliphatic carbocycles. The smallest absolute Gasteiger partial charge is 0.416 e. The van der Waals surface area contributed by atoms with Crippen molar-refractivity contribution in [2.75, 3.05) is 0 Å². The Morgan fingerprint density at radius 2 is 2.00 bits per heavy atom. The number of carboxylic acids is 1. The molecule has 1 saturated carbocycles. The van der Waals surface area contributed by atoms with E-state index in [0.717, 1.165) is 12.1 Å². The molecule has 134 valence electrons. The predicted octanol–water partition coefficient (Wildman–Crippen LogP) is 4.84. The van der Waals surface area contributed by atoms with Crippen LogP contribution in [0, 0.1) is 5.41 Å². The van der Waals surface area contributed by atoms with Gasteiger partial charge in [0.05, 0.1) is 22.9 Å². The number of benzene rings is 1. The van der Waals surface area contributed by atoms with Crippen molar-refractivity contribution < 1.29 is 23.1 Å². The number of rotatable bonds is 3. The molecular weight excluding hydrogens is 333 g/mol. The van der Waals surface area contributed by atoms with Crippen LogP contribution < -0.4 is 0 Å². The Kier molecular flexibility index (Phi) is 4.34. The SMILES string of the molecule is CC1(C(=O)O)CCC(c2ncc(-c3cccc(C(F)(F)F)c3)[nH]2)CC1. The lowest BCUT2D eigenvalue weighted by Crippen LogP contribution is -2.32. The Morgan fingerprint density at radius 3 is 2.60 bits per heavy atom. The predicted molar refractivity (Wildman–Crippen MR) is 86.0 cm³/mol. The molecule has 0 saturated heterocycles. The van der Waals surface area contributed by atoms with Gasteiger partial charge in [-0.1, -0.05) is 12.1 Å². The molecule has 7 heteroatoms. The van der Waals surface area contributed by atoms with E-state index in [2.05, 4.69) is 9.97 Å². The number of aromatic amines is 1. The van der Waals surface area contributed by atoms with E-state index in [-0.39, 0.29) is 5.92 Å². The van der Waals surface area contributed by atoms with Crippen LogP contribution in [0.2, 0.25) is 0 Å². The van der Waals surface area contributed by atoms with Gasteiger partial charge in [0.25, 0.3) is 0 Å². The van der Waals surface area contributed by atoms with Crippen molar-refractivity contribution in [1.82, 2.24) is 9.97 Å². The highest BCUT2D eigenvalue weighted by Gasteiger charge is 2.38. The second kappa shape index (κ2) is 6.20. The second-order valence-corrected chi connectivity index (χ2v) is 6.90. The van der Waals surface area contributed by atoms with Crippen LogP contribution in [0.25, 0.3) is 11.3 Å². The lowest BCUT2D eigenvalue weighted by molar-refractivity contribution is -0.150. The molecule has 1 fully saturated rings. The topological polar surface area (TPSA) is 66.0 Å². The molecule has 1 aliphatic rings. The highest BCUT2D eigenvalue weighted by molar-refractivity contribution is 5.74. The number of hydrogen-bond donors (Lipinski definition) is 2. The molecule has 0 atom stereocenters. The lowest BCUT2D eigenvalue weighted by Gasteiger charge is -2.33. The van der Waals surface area contributed by atoms with E-state index in [1.54, 1.807) is 13.0 Å². The van der Waals surface area contributed by atoms with Gasteiger partial charge in [-0.2, -0.15) is 13.2 Å². The fraction of sp³-hybridized carbons (Fsp3) is 0.444. The maximum Gasteiger partial charge on any atom is 0.416 e. The summed E-state index contributed by atoms with van der Waals surface area (Å²) in [5.41, 5.74) is -0.434. The Labute approximate surface area is 143 Å². The number of alkyl halides is 3. The van der Waals surface area contributed by atoms with Gasteiger partial charge in [0.2, 0.25) is 0 Å². The number of imidazole rings is 1. The van der Waals surface area contributed by atoms with Crippen LogP contribution in [0.4, 0.5) is 13.2 Å². The monoisotopic (exact) mass is 352 g/mol. The van der Waals surface area contributed by atoms with Crippen LogP contribution in [0.3, 0.4) is 0 Å². The van der Waals surface area contributed by atoms with Crippen molar-refractivity contribution in [1.29, 1.82) is 0 Å². The largest absolute Gasteiger partial charge is 0.481 e. The number of carboxylic acid groups (broad SMARTS) is 1. The summed E-state index contributed by atoms with van der Waals surface area (Å²) in [4.78, 5) is 18.7. The average molecular weight is 352 g/mol. The quantitative estimate of drug-likeness (QED) is 0.830. The molecule has 0 bridgehead atoms. The molecule has 0 aliphatic heterocycles. The lowest BCUT2D eigenvalue weighted by atomic mass is 9.71. The minimum absolute atomic E-state index is 0.104. The van der Waals surface area contributed by atoms with E-state index >= 15 is 0 Å². The number of hydrogen-bond acceptors (Lipinski definition) is 2. The zero-order chi connectivity index (χ0) is 18.2. The van der Waals surface area contributed by atoms with E-state index in [0.29, 0.717) is 42.8 Å². The minimum Gasteiger partial charge on any atom is -0.481 e. The third kappa shape index (κ3) is 3.55. The van der Waals surface area contributed by atoms with Crippen LogP contribution >= 0.6 is 0 Å². The molecule has 0 spiro atoms. The van der Waals surface area contributed by atoms with Gasteiger partial charge in [-0.3, -0.25) is 4.79 Å². The van der Waals surface area contributed by atoms with Gasteiger partial charge in [0.1, 0.15) is 5.82 Å². The molecule has 0 radical (unpaired) electrons. The summed E-state index contributed by atoms with van der Waals surface area (Å²) in [7, 11) is 0. The number of carbonyl (C=O) groups is 1. The van der Waals surface area contributed by atoms with E-state index in [1.807, 2.05) is 0 Å². The molecule has 1 heterocycles. The molecule has 3 rings (SSSR count). The van der Waals surface area contributed by atoms with E-state index in [1.165, 1.54) is 12.3 Å². The van der Waals surface area contributed by atoms with Gasteiger partial charge < -0.3 is 10.1 Å². The van der Waals surface area contributed by atoms with Crippen LogP contribution in [0.5, 0.6) is 0 Å². The fourth-order valence-corrected chi connectivity index (χ4v) is 3.30. The molecule has 0 amide bonds. The van der Waals surface area contributed by atoms with Crippen molar-refractivity contribution in [3.63, 3.8) is 0 Å². The van der Waals surface area contributed by atoms with Crippen LogP contribution in [0.1, 0.15) is 49.9 Å². The molecule has 4 nitrogen and oxygen atoms in total. The van der Waals surface area contributed by atoms with Crippen molar-refractivity contribution in [3.05, 3.63) is 41.9 Å². The standard InChI is InChI=1S/C18H19F3N2O2/c1-17(16(24)25)7-5-11(6-8-17)15-22-10-14(23-15)12-3-2-4-13(9-12)18(19,20)21/h2-4,9-11H,5-8H2,1H3,(H,22,23)(H,24,25). The van der Waals surface area contributed by atoms with Gasteiger partial charge in [-0.15, -0.1) is 0 Å². The number of H-pyrrole nitrogens is 1. The van der Waals surface area contributed by atoms with Crippen LogP contribution in [-0.4, -0.2) is 21.0 Å². The van der Waals surface area contributed by atoms with Crippen LogP contribution in [0.15, 0.2) is 30.5 Å². The highest BCUT2D eigenvalue weighted by Crippen LogP contribution is 2.42. The van der Waals surface area contributed by atoms with Gasteiger partial charge in [0.15, 0.2) is 0 Å². The zero-order valence-corrected chi connectivity index (χ0v) is 13.7. The summed E-state index contributed by atoms with van der Waals surface area (Å²) in [6.45, 7) is 1.75. The Morgan fingerprint density at radius 1 is 1.32 bits per heavy atom. The van der Waals surface area contributed by atoms with E-state index in [4.69, 9.17) is 0 Å². The summed E-state index contributed by atoms with van der Waals surface area (Å²) in [6.07, 6.45) is -0.338. The van der Waals surface area contributed by atoms with Crippen LogP contribution in [-0.2, 0) is 11.0 Å². The first-order valence-electron chi connectivity index (χ1n) is 8.15. The minimum atomic E-state index is -4.39. The van der Waals surface area contributed by atoms with Crippen molar-refractivity contribution in [2.45, 2.75) is 44.7 Å². The molecule has 0 unspecified atom stereocenters. The summed E-state index contributed by atoms with van der Waals surface area (Å²) in [5.74, 6) is 0.0295. The molecule has 1 aromatic carbocycles. The number of nitrogens with one attached hydrogen (secondary N) is 1. The second-order valence-electron chi connectivity index (χ2n) is 6.90. The Bertz CT molecular complexity index is 775. The zero-order valence-electron chi connectivity index (χ0n) is 13.7. The van der Waals surface area contributed by atoms with Gasteiger partial charge in [0, 0.05) is 11.5 Å². The maximum atomic E-state index is 12.8. The number of aromatic nitrogens is 2. The normalized spacial score (nSPS) is 24.2. The third-order valence-corrected chi connectivity index (χ3v) is 5.09. The first-order chi connectivity index (χ1) is 11.7. The van der Waals surface area contributed by atoms with Gasteiger partial charge >= 0.3 is 12.1 Å². The van der Waals surface area contributed by atoms with E-state index < -0.39 is 23.1 Å². The molecule has 2 N–H and O–H groups in total. The Hall–Kier alpha value is -2.31. The summed E-state index contributed by atoms with van der Waals surface area (Å²) < 4.78 is 38.5. The molecular formula is C18H19F3N2O2. The van der Waals surface area contributed by atoms with Gasteiger partial charge in [-0.05, 0) is 44.7 Å². The Balaban J connectivity index is 1.77.